The first-order valence-corrected chi connectivity index (χ1v) is 9.71. The summed E-state index contributed by atoms with van der Waals surface area (Å²) in [6.45, 7) is 4.00. The van der Waals surface area contributed by atoms with Crippen LogP contribution in [0.15, 0.2) is 47.6 Å². The predicted molar refractivity (Wildman–Crippen MR) is 108 cm³/mol. The molecule has 0 amide bonds. The molecule has 2 unspecified atom stereocenters. The van der Waals surface area contributed by atoms with Crippen molar-refractivity contribution >= 4 is 16.0 Å². The van der Waals surface area contributed by atoms with Crippen molar-refractivity contribution in [1.29, 1.82) is 0 Å². The number of hydrogen-bond donors (Lipinski definition) is 0. The van der Waals surface area contributed by atoms with Crippen LogP contribution in [0.1, 0.15) is 52.4 Å². The van der Waals surface area contributed by atoms with E-state index in [4.69, 9.17) is 0 Å². The average molecular weight is 416 g/mol. The zero-order chi connectivity index (χ0) is 16.9. The van der Waals surface area contributed by atoms with Gasteiger partial charge in [0.25, 0.3) is 0 Å². The second-order valence-electron chi connectivity index (χ2n) is 6.20. The van der Waals surface area contributed by atoms with Gasteiger partial charge in [0.15, 0.2) is 0 Å². The van der Waals surface area contributed by atoms with E-state index in [0.29, 0.717) is 0 Å². The third-order valence-electron chi connectivity index (χ3n) is 4.42. The van der Waals surface area contributed by atoms with Crippen LogP contribution < -0.4 is 0 Å². The molecule has 4 rings (SSSR count). The van der Waals surface area contributed by atoms with Crippen LogP contribution in [0.2, 0.25) is 0 Å². The van der Waals surface area contributed by atoms with Crippen molar-refractivity contribution in [1.82, 2.24) is 0 Å². The minimum absolute atomic E-state index is 0. The summed E-state index contributed by atoms with van der Waals surface area (Å²) in [5.74, 6) is 1.77. The Balaban J connectivity index is 0.000000339. The van der Waals surface area contributed by atoms with E-state index in [9.17, 15) is 0 Å². The molecule has 128 valence electrons. The largest absolute Gasteiger partial charge is 4.00 e. The fourth-order valence-corrected chi connectivity index (χ4v) is 3.33. The third kappa shape index (κ3) is 8.17. The average Bonchev–Trinajstić information content (AvgIpc) is 3.27. The van der Waals surface area contributed by atoms with Crippen molar-refractivity contribution in [2.45, 2.75) is 52.4 Å². The fraction of sp³-hybridized carbons (Fsp3) is 0.455. The SMILES string of the molecule is C1=CCC2CC[CH-]C2=C1.C1=CCC2CC[CH-]C2=C1.C[CH-]C.[CH-]=[SiH2].[Zr+4]. The van der Waals surface area contributed by atoms with Crippen molar-refractivity contribution in [2.75, 3.05) is 0 Å². The van der Waals surface area contributed by atoms with Crippen molar-refractivity contribution < 1.29 is 26.2 Å². The maximum absolute atomic E-state index is 4.53. The molecule has 2 atom stereocenters. The van der Waals surface area contributed by atoms with E-state index < -0.39 is 0 Å². The van der Waals surface area contributed by atoms with Gasteiger partial charge < -0.3 is 12.6 Å². The Morgan fingerprint density at radius 3 is 1.62 bits per heavy atom. The van der Waals surface area contributed by atoms with Gasteiger partial charge in [-0.2, -0.15) is 13.8 Å². The number of rotatable bonds is 0. The van der Waals surface area contributed by atoms with Crippen LogP contribution >= 0.6 is 0 Å². The molecule has 0 aromatic rings. The molecule has 0 saturated heterocycles. The van der Waals surface area contributed by atoms with Crippen molar-refractivity contribution in [3.63, 3.8) is 0 Å². The molecule has 2 heteroatoms. The van der Waals surface area contributed by atoms with Gasteiger partial charge in [0.1, 0.15) is 0 Å². The van der Waals surface area contributed by atoms with E-state index in [-0.39, 0.29) is 26.2 Å². The molecule has 0 aromatic heterocycles. The molecule has 0 bridgehead atoms. The maximum atomic E-state index is 4.53. The molecule has 2 saturated carbocycles. The van der Waals surface area contributed by atoms with Gasteiger partial charge in [-0.1, -0.05) is 12.8 Å². The zero-order valence-corrected chi connectivity index (χ0v) is 19.3. The van der Waals surface area contributed by atoms with Gasteiger partial charge in [0.2, 0.25) is 0 Å². The third-order valence-corrected chi connectivity index (χ3v) is 4.42. The Hall–Kier alpha value is -0.330. The molecule has 0 radical (unpaired) electrons. The van der Waals surface area contributed by atoms with Gasteiger partial charge in [0.05, 0.1) is 0 Å². The Morgan fingerprint density at radius 2 is 1.29 bits per heavy atom. The smallest absolute Gasteiger partial charge is 0.533 e. The summed E-state index contributed by atoms with van der Waals surface area (Å²) < 4.78 is 0. The summed E-state index contributed by atoms with van der Waals surface area (Å²) in [6, 6.07) is 0. The molecule has 0 spiro atoms. The van der Waals surface area contributed by atoms with Crippen LogP contribution in [0.25, 0.3) is 0 Å². The topological polar surface area (TPSA) is 0 Å². The van der Waals surface area contributed by atoms with Gasteiger partial charge in [-0.3, -0.25) is 0 Å². The van der Waals surface area contributed by atoms with Gasteiger partial charge >= 0.3 is 26.2 Å². The predicted octanol–water partition coefficient (Wildman–Crippen LogP) is 5.13. The molecule has 0 aromatic carbocycles. The van der Waals surface area contributed by atoms with E-state index >= 15 is 0 Å². The van der Waals surface area contributed by atoms with Crippen LogP contribution in [-0.2, 0) is 26.2 Å². The number of hydrogen-bond acceptors (Lipinski definition) is 0. The van der Waals surface area contributed by atoms with Crippen molar-refractivity contribution in [2.24, 2.45) is 11.8 Å². The first-order chi connectivity index (χ1) is 11.3. The Morgan fingerprint density at radius 1 is 0.917 bits per heavy atom. The molecule has 0 aliphatic heterocycles. The summed E-state index contributed by atoms with van der Waals surface area (Å²) in [5, 5.41) is 0. The number of fused-ring (bicyclic) bond motifs is 2. The molecule has 0 heterocycles. The maximum Gasteiger partial charge on any atom is 4.00 e. The van der Waals surface area contributed by atoms with Gasteiger partial charge in [-0.05, 0) is 24.7 Å². The molecule has 2 fully saturated rings. The first-order valence-electron chi connectivity index (χ1n) is 8.89. The first kappa shape index (κ1) is 23.7. The van der Waals surface area contributed by atoms with Crippen LogP contribution in [-0.4, -0.2) is 16.0 Å². The summed E-state index contributed by atoms with van der Waals surface area (Å²) in [4.78, 5) is 0. The van der Waals surface area contributed by atoms with Crippen LogP contribution in [0.4, 0.5) is 0 Å². The standard InChI is InChI=1S/2C9H11.C3H7.CH3Si.Zr/c2*1-2-5-9-7-3-6-8(9)4-1;1-3-2;1-2;/h2*1-2,4,6,9H,3,5,7H2;3H,1-2H3;1H,2H2;/q4*-1;+4. The minimum atomic E-state index is 0. The van der Waals surface area contributed by atoms with Crippen LogP contribution in [0.3, 0.4) is 0 Å². The molecular weight excluding hydrogens is 384 g/mol. The van der Waals surface area contributed by atoms with E-state index in [2.05, 4.69) is 55.5 Å². The normalized spacial score (nSPS) is 24.2. The van der Waals surface area contributed by atoms with Crippen LogP contribution in [0.5, 0.6) is 0 Å². The summed E-state index contributed by atoms with van der Waals surface area (Å²) >= 11 is 0. The van der Waals surface area contributed by atoms with Gasteiger partial charge in [-0.15, -0.1) is 37.1 Å². The Kier molecular flexibility index (Phi) is 14.8. The molecule has 4 aliphatic rings. The van der Waals surface area contributed by atoms with E-state index in [0.717, 1.165) is 11.8 Å². The molecule has 0 nitrogen and oxygen atoms in total. The van der Waals surface area contributed by atoms with E-state index in [1.807, 2.05) is 20.3 Å². The monoisotopic (exact) mass is 414 g/mol. The van der Waals surface area contributed by atoms with Crippen LogP contribution in [0, 0.1) is 31.1 Å². The summed E-state index contributed by atoms with van der Waals surface area (Å²) in [5.41, 5.74) is 3.16. The minimum Gasteiger partial charge on any atom is -0.533 e. The Labute approximate surface area is 172 Å². The fourth-order valence-electron chi connectivity index (χ4n) is 3.33. The second kappa shape index (κ2) is 15.0. The molecule has 4 aliphatic carbocycles. The molecular formula is C22H32SiZr. The Bertz CT molecular complexity index is 405. The van der Waals surface area contributed by atoms with E-state index in [1.54, 1.807) is 11.1 Å². The number of allylic oxidation sites excluding steroid dienone is 8. The second-order valence-corrected chi connectivity index (χ2v) is 6.20. The quantitative estimate of drug-likeness (QED) is 0.380. The summed E-state index contributed by atoms with van der Waals surface area (Å²) in [7, 11) is 1.36. The summed E-state index contributed by atoms with van der Waals surface area (Å²) in [6.07, 6.45) is 32.6. The van der Waals surface area contributed by atoms with Gasteiger partial charge in [-0.25, -0.2) is 46.0 Å². The van der Waals surface area contributed by atoms with Gasteiger partial charge in [0, 0.05) is 0 Å². The molecule has 24 heavy (non-hydrogen) atoms. The zero-order valence-electron chi connectivity index (χ0n) is 15.4. The van der Waals surface area contributed by atoms with Crippen molar-refractivity contribution in [3.8, 4) is 0 Å². The molecule has 0 N–H and O–H groups in total. The van der Waals surface area contributed by atoms with Crippen molar-refractivity contribution in [3.05, 3.63) is 66.9 Å². The van der Waals surface area contributed by atoms with E-state index in [1.165, 1.54) is 48.4 Å².